The number of thioether (sulfide) groups is 1. The topological polar surface area (TPSA) is 59.6 Å². The lowest BCUT2D eigenvalue weighted by molar-refractivity contribution is 0.0944. The third kappa shape index (κ3) is 4.08. The smallest absolute Gasteiger partial charge is 0.269 e. The molecular weight excluding hydrogens is 272 g/mol. The summed E-state index contributed by atoms with van der Waals surface area (Å²) in [5.41, 5.74) is 5.53. The Bertz CT molecular complexity index is 430. The van der Waals surface area contributed by atoms with E-state index in [4.69, 9.17) is 21.7 Å². The summed E-state index contributed by atoms with van der Waals surface area (Å²) in [6.07, 6.45) is 1.82. The molecule has 98 valence electrons. The third-order valence-electron chi connectivity index (χ3n) is 2.08. The summed E-state index contributed by atoms with van der Waals surface area (Å²) in [6, 6.07) is 4.92. The summed E-state index contributed by atoms with van der Waals surface area (Å²) in [4.78, 5) is 11.8. The van der Waals surface area contributed by atoms with Gasteiger partial charge in [-0.1, -0.05) is 24.0 Å². The highest BCUT2D eigenvalue weighted by molar-refractivity contribution is 8.22. The molecule has 0 bridgehead atoms. The van der Waals surface area contributed by atoms with Crippen LogP contribution in [0, 0.1) is 0 Å². The van der Waals surface area contributed by atoms with Crippen molar-refractivity contribution in [2.24, 2.45) is 0 Å². The van der Waals surface area contributed by atoms with E-state index in [0.29, 0.717) is 21.4 Å². The van der Waals surface area contributed by atoms with Crippen LogP contribution >= 0.6 is 24.0 Å². The first kappa shape index (κ1) is 14.6. The van der Waals surface area contributed by atoms with Crippen LogP contribution in [0.3, 0.4) is 0 Å². The van der Waals surface area contributed by atoms with Gasteiger partial charge in [-0.3, -0.25) is 15.6 Å². The summed E-state index contributed by atoms with van der Waals surface area (Å²) in [7, 11) is 3.05. The monoisotopic (exact) mass is 286 g/mol. The Hall–Kier alpha value is -1.47. The lowest BCUT2D eigenvalue weighted by Crippen LogP contribution is -2.39. The second-order valence-corrected chi connectivity index (χ2v) is 4.66. The normalized spacial score (nSPS) is 9.50. The second kappa shape index (κ2) is 7.07. The molecule has 7 heteroatoms. The average Bonchev–Trinajstić information content (AvgIpc) is 2.43. The Balaban J connectivity index is 2.81. The first-order valence-corrected chi connectivity index (χ1v) is 6.61. The van der Waals surface area contributed by atoms with Gasteiger partial charge in [0.25, 0.3) is 5.91 Å². The van der Waals surface area contributed by atoms with Crippen LogP contribution in [0.25, 0.3) is 0 Å². The molecule has 0 aliphatic rings. The lowest BCUT2D eigenvalue weighted by atomic mass is 10.2. The van der Waals surface area contributed by atoms with E-state index in [1.165, 1.54) is 26.0 Å². The predicted octanol–water partition coefficient (Wildman–Crippen LogP) is 1.59. The molecule has 0 saturated carbocycles. The number of carbonyl (C=O) groups excluding carboxylic acids is 1. The Labute approximate surface area is 115 Å². The van der Waals surface area contributed by atoms with Crippen molar-refractivity contribution in [1.29, 1.82) is 0 Å². The van der Waals surface area contributed by atoms with Crippen LogP contribution in [0.15, 0.2) is 18.2 Å². The molecule has 0 unspecified atom stereocenters. The first-order chi connectivity index (χ1) is 8.60. The molecule has 0 radical (unpaired) electrons. The van der Waals surface area contributed by atoms with Crippen LogP contribution < -0.4 is 20.3 Å². The van der Waals surface area contributed by atoms with Crippen molar-refractivity contribution >= 4 is 34.2 Å². The summed E-state index contributed by atoms with van der Waals surface area (Å²) in [5, 5.41) is 0. The Morgan fingerprint density at radius 1 is 1.17 bits per heavy atom. The molecule has 0 saturated heterocycles. The SMILES string of the molecule is COc1cc(OC)cc(C(=O)NNC(=S)SC)c1. The van der Waals surface area contributed by atoms with Crippen LogP contribution in [-0.2, 0) is 0 Å². The molecule has 0 fully saturated rings. The second-order valence-electron chi connectivity index (χ2n) is 3.17. The molecule has 0 aromatic heterocycles. The number of hydrazine groups is 1. The van der Waals surface area contributed by atoms with Crippen molar-refractivity contribution in [3.8, 4) is 11.5 Å². The minimum Gasteiger partial charge on any atom is -0.497 e. The van der Waals surface area contributed by atoms with Gasteiger partial charge in [-0.15, -0.1) is 0 Å². The van der Waals surface area contributed by atoms with Gasteiger partial charge in [-0.25, -0.2) is 0 Å². The van der Waals surface area contributed by atoms with Crippen molar-refractivity contribution in [3.05, 3.63) is 23.8 Å². The zero-order valence-electron chi connectivity index (χ0n) is 10.3. The minimum atomic E-state index is -0.316. The number of hydrogen-bond acceptors (Lipinski definition) is 5. The number of ether oxygens (including phenoxy) is 2. The minimum absolute atomic E-state index is 0.316. The van der Waals surface area contributed by atoms with Crippen LogP contribution in [0.4, 0.5) is 0 Å². The summed E-state index contributed by atoms with van der Waals surface area (Å²) < 4.78 is 10.7. The Kier molecular flexibility index (Phi) is 5.73. The molecule has 0 spiro atoms. The van der Waals surface area contributed by atoms with E-state index in [1.807, 2.05) is 6.26 Å². The van der Waals surface area contributed by atoms with E-state index in [0.717, 1.165) is 0 Å². The number of carbonyl (C=O) groups is 1. The van der Waals surface area contributed by atoms with E-state index in [2.05, 4.69) is 10.9 Å². The first-order valence-electron chi connectivity index (χ1n) is 4.98. The fourth-order valence-corrected chi connectivity index (χ4v) is 1.37. The van der Waals surface area contributed by atoms with Gasteiger partial charge in [-0.2, -0.15) is 0 Å². The van der Waals surface area contributed by atoms with Crippen LogP contribution in [0.5, 0.6) is 11.5 Å². The maximum Gasteiger partial charge on any atom is 0.269 e. The number of thiocarbonyl (C=S) groups is 1. The predicted molar refractivity (Wildman–Crippen MR) is 76.3 cm³/mol. The van der Waals surface area contributed by atoms with Gasteiger partial charge < -0.3 is 9.47 Å². The third-order valence-corrected chi connectivity index (χ3v) is 3.15. The highest BCUT2D eigenvalue weighted by Crippen LogP contribution is 2.22. The van der Waals surface area contributed by atoms with Crippen molar-refractivity contribution in [3.63, 3.8) is 0 Å². The fraction of sp³-hybridized carbons (Fsp3) is 0.273. The van der Waals surface area contributed by atoms with Crippen molar-refractivity contribution in [2.75, 3.05) is 20.5 Å². The quantitative estimate of drug-likeness (QED) is 0.650. The fourth-order valence-electron chi connectivity index (χ4n) is 1.17. The van der Waals surface area contributed by atoms with Crippen LogP contribution in [0.1, 0.15) is 10.4 Å². The Morgan fingerprint density at radius 3 is 2.17 bits per heavy atom. The lowest BCUT2D eigenvalue weighted by Gasteiger charge is -2.10. The van der Waals surface area contributed by atoms with Gasteiger partial charge in [0.15, 0.2) is 4.32 Å². The molecule has 1 aromatic rings. The standard InChI is InChI=1S/C11H14N2O3S2/c1-15-8-4-7(5-9(6-8)16-2)10(14)12-13-11(17)18-3/h4-6H,1-3H3,(H,12,14)(H,13,17). The van der Waals surface area contributed by atoms with E-state index in [-0.39, 0.29) is 5.91 Å². The number of nitrogens with one attached hydrogen (secondary N) is 2. The van der Waals surface area contributed by atoms with E-state index >= 15 is 0 Å². The average molecular weight is 286 g/mol. The van der Waals surface area contributed by atoms with E-state index in [1.54, 1.807) is 18.2 Å². The zero-order valence-corrected chi connectivity index (χ0v) is 11.9. The molecular formula is C11H14N2O3S2. The van der Waals surface area contributed by atoms with Crippen LogP contribution in [0.2, 0.25) is 0 Å². The van der Waals surface area contributed by atoms with Gasteiger partial charge in [0, 0.05) is 11.6 Å². The molecule has 2 N–H and O–H groups in total. The number of rotatable bonds is 3. The molecule has 1 rings (SSSR count). The molecule has 0 aliphatic heterocycles. The Morgan fingerprint density at radius 2 is 1.72 bits per heavy atom. The highest BCUT2D eigenvalue weighted by Gasteiger charge is 2.09. The molecule has 0 aliphatic carbocycles. The maximum absolute atomic E-state index is 11.8. The molecule has 1 aromatic carbocycles. The molecule has 0 heterocycles. The van der Waals surface area contributed by atoms with Gasteiger partial charge in [-0.05, 0) is 18.4 Å². The van der Waals surface area contributed by atoms with Gasteiger partial charge in [0.05, 0.1) is 14.2 Å². The van der Waals surface area contributed by atoms with Crippen LogP contribution in [-0.4, -0.2) is 30.7 Å². The van der Waals surface area contributed by atoms with Gasteiger partial charge in [0.1, 0.15) is 11.5 Å². The van der Waals surface area contributed by atoms with E-state index < -0.39 is 0 Å². The van der Waals surface area contributed by atoms with Crippen molar-refractivity contribution in [2.45, 2.75) is 0 Å². The molecule has 5 nitrogen and oxygen atoms in total. The van der Waals surface area contributed by atoms with Crippen molar-refractivity contribution in [1.82, 2.24) is 10.9 Å². The molecule has 1 amide bonds. The number of benzene rings is 1. The number of methoxy groups -OCH3 is 2. The molecule has 0 atom stereocenters. The maximum atomic E-state index is 11.8. The zero-order chi connectivity index (χ0) is 13.5. The van der Waals surface area contributed by atoms with E-state index in [9.17, 15) is 4.79 Å². The van der Waals surface area contributed by atoms with Crippen molar-refractivity contribution < 1.29 is 14.3 Å². The summed E-state index contributed by atoms with van der Waals surface area (Å²) in [5.74, 6) is 0.780. The van der Waals surface area contributed by atoms with Gasteiger partial charge in [0.2, 0.25) is 0 Å². The highest BCUT2D eigenvalue weighted by atomic mass is 32.2. The summed E-state index contributed by atoms with van der Waals surface area (Å²) in [6.45, 7) is 0. The largest absolute Gasteiger partial charge is 0.497 e. The number of amides is 1. The molecule has 18 heavy (non-hydrogen) atoms. The number of hydrogen-bond donors (Lipinski definition) is 2. The van der Waals surface area contributed by atoms with Gasteiger partial charge >= 0.3 is 0 Å². The summed E-state index contributed by atoms with van der Waals surface area (Å²) >= 11 is 6.24.